The van der Waals surface area contributed by atoms with E-state index in [0.717, 1.165) is 27.4 Å². The van der Waals surface area contributed by atoms with E-state index in [0.29, 0.717) is 11.8 Å². The Bertz CT molecular complexity index is 771. The smallest absolute Gasteiger partial charge is 0.142 e. The molecule has 0 bridgehead atoms. The average molecular weight is 289 g/mol. The molecule has 0 spiro atoms. The van der Waals surface area contributed by atoms with Crippen LogP contribution >= 0.6 is 22.9 Å². The highest BCUT2D eigenvalue weighted by molar-refractivity contribution is 7.16. The van der Waals surface area contributed by atoms with Crippen LogP contribution in [0, 0.1) is 0 Å². The van der Waals surface area contributed by atoms with Gasteiger partial charge in [0.05, 0.1) is 5.92 Å². The predicted molar refractivity (Wildman–Crippen MR) is 76.2 cm³/mol. The fourth-order valence-corrected chi connectivity index (χ4v) is 3.43. The Morgan fingerprint density at radius 3 is 3.05 bits per heavy atom. The lowest BCUT2D eigenvalue weighted by Gasteiger charge is -2.07. The Balaban J connectivity index is 1.87. The Hall–Kier alpha value is -1.65. The number of halogens is 1. The first-order chi connectivity index (χ1) is 9.33. The average Bonchev–Trinajstić information content (AvgIpc) is 3.04. The van der Waals surface area contributed by atoms with E-state index in [1.54, 1.807) is 11.3 Å². The van der Waals surface area contributed by atoms with E-state index in [1.165, 1.54) is 0 Å². The summed E-state index contributed by atoms with van der Waals surface area (Å²) in [5.74, 6) is 1.73. The molecule has 1 aliphatic heterocycles. The molecule has 19 heavy (non-hydrogen) atoms. The van der Waals surface area contributed by atoms with E-state index in [4.69, 9.17) is 16.3 Å². The molecule has 1 aromatic carbocycles. The molecule has 3 nitrogen and oxygen atoms in total. The molecule has 1 aliphatic rings. The van der Waals surface area contributed by atoms with Crippen molar-refractivity contribution in [1.29, 1.82) is 0 Å². The first kappa shape index (κ1) is 11.2. The van der Waals surface area contributed by atoms with Gasteiger partial charge in [-0.1, -0.05) is 29.8 Å². The van der Waals surface area contributed by atoms with Gasteiger partial charge < -0.3 is 4.74 Å². The summed E-state index contributed by atoms with van der Waals surface area (Å²) >= 11 is 7.80. The van der Waals surface area contributed by atoms with Gasteiger partial charge in [-0.2, -0.15) is 0 Å². The molecule has 0 saturated carbocycles. The van der Waals surface area contributed by atoms with Crippen LogP contribution in [0.25, 0.3) is 10.2 Å². The second-order valence-corrected chi connectivity index (χ2v) is 5.67. The van der Waals surface area contributed by atoms with Gasteiger partial charge >= 0.3 is 0 Å². The van der Waals surface area contributed by atoms with Crippen molar-refractivity contribution in [2.45, 2.75) is 5.92 Å². The molecule has 0 aliphatic carbocycles. The van der Waals surface area contributed by atoms with E-state index in [2.05, 4.69) is 16.0 Å². The minimum absolute atomic E-state index is 0.0696. The third kappa shape index (κ3) is 1.71. The lowest BCUT2D eigenvalue weighted by Crippen LogP contribution is -2.07. The molecule has 0 fully saturated rings. The van der Waals surface area contributed by atoms with Gasteiger partial charge in [0.25, 0.3) is 0 Å². The number of hydrogen-bond acceptors (Lipinski definition) is 4. The van der Waals surface area contributed by atoms with Crippen LogP contribution in [0.1, 0.15) is 17.3 Å². The third-order valence-electron chi connectivity index (χ3n) is 3.31. The van der Waals surface area contributed by atoms with Gasteiger partial charge in [-0.05, 0) is 17.5 Å². The fourth-order valence-electron chi connectivity index (χ4n) is 2.37. The molecule has 1 unspecified atom stereocenters. The fraction of sp³-hybridized carbons (Fsp3) is 0.143. The first-order valence-electron chi connectivity index (χ1n) is 5.95. The maximum Gasteiger partial charge on any atom is 0.142 e. The number of fused-ring (bicyclic) bond motifs is 2. The molecule has 3 aromatic rings. The van der Waals surface area contributed by atoms with Crippen molar-refractivity contribution >= 4 is 33.2 Å². The summed E-state index contributed by atoms with van der Waals surface area (Å²) < 4.78 is 5.68. The molecule has 94 valence electrons. The van der Waals surface area contributed by atoms with Crippen molar-refractivity contribution < 1.29 is 4.74 Å². The van der Waals surface area contributed by atoms with Gasteiger partial charge in [0.1, 0.15) is 28.2 Å². The van der Waals surface area contributed by atoms with Crippen molar-refractivity contribution in [3.05, 3.63) is 52.3 Å². The summed E-state index contributed by atoms with van der Waals surface area (Å²) in [6, 6.07) is 9.96. The van der Waals surface area contributed by atoms with Crippen molar-refractivity contribution in [2.75, 3.05) is 6.61 Å². The molecular weight excluding hydrogens is 280 g/mol. The highest BCUT2D eigenvalue weighted by Gasteiger charge is 2.28. The summed E-state index contributed by atoms with van der Waals surface area (Å²) in [7, 11) is 0. The predicted octanol–water partition coefficient (Wildman–Crippen LogP) is 3.87. The number of ether oxygens (including phenoxy) is 1. The number of nitrogens with zero attached hydrogens (tertiary/aromatic N) is 2. The van der Waals surface area contributed by atoms with Gasteiger partial charge in [-0.3, -0.25) is 0 Å². The number of aromatic nitrogens is 2. The van der Waals surface area contributed by atoms with Crippen molar-refractivity contribution in [2.24, 2.45) is 0 Å². The molecule has 0 saturated heterocycles. The summed E-state index contributed by atoms with van der Waals surface area (Å²) in [6.07, 6.45) is 0. The van der Waals surface area contributed by atoms with Crippen LogP contribution in [0.3, 0.4) is 0 Å². The number of thiophene rings is 1. The van der Waals surface area contributed by atoms with Crippen LogP contribution in [0.5, 0.6) is 5.75 Å². The second-order valence-electron chi connectivity index (χ2n) is 4.41. The van der Waals surface area contributed by atoms with Crippen molar-refractivity contribution in [1.82, 2.24) is 9.97 Å². The van der Waals surface area contributed by atoms with Crippen molar-refractivity contribution in [3.63, 3.8) is 0 Å². The summed E-state index contributed by atoms with van der Waals surface area (Å²) in [5.41, 5.74) is 1.13. The van der Waals surface area contributed by atoms with Crippen LogP contribution in [0.4, 0.5) is 0 Å². The minimum atomic E-state index is 0.0696. The van der Waals surface area contributed by atoms with Gasteiger partial charge in [0.2, 0.25) is 0 Å². The molecule has 2 aromatic heterocycles. The van der Waals surface area contributed by atoms with Gasteiger partial charge in [-0.15, -0.1) is 11.3 Å². The van der Waals surface area contributed by atoms with Crippen LogP contribution in [-0.4, -0.2) is 16.6 Å². The maximum absolute atomic E-state index is 6.22. The van der Waals surface area contributed by atoms with Crippen LogP contribution in [0.2, 0.25) is 5.15 Å². The largest absolute Gasteiger partial charge is 0.492 e. The molecular formula is C14H9ClN2OS. The molecule has 0 amide bonds. The zero-order valence-corrected chi connectivity index (χ0v) is 11.4. The lowest BCUT2D eigenvalue weighted by atomic mass is 10.0. The highest BCUT2D eigenvalue weighted by atomic mass is 35.5. The molecule has 5 heteroatoms. The third-order valence-corrected chi connectivity index (χ3v) is 4.40. The monoisotopic (exact) mass is 288 g/mol. The lowest BCUT2D eigenvalue weighted by molar-refractivity contribution is 0.340. The Kier molecular flexibility index (Phi) is 2.47. The highest BCUT2D eigenvalue weighted by Crippen LogP contribution is 2.37. The Morgan fingerprint density at radius 2 is 2.11 bits per heavy atom. The summed E-state index contributed by atoms with van der Waals surface area (Å²) in [6.45, 7) is 0.576. The Morgan fingerprint density at radius 1 is 1.21 bits per heavy atom. The van der Waals surface area contributed by atoms with Crippen molar-refractivity contribution in [3.8, 4) is 5.75 Å². The van der Waals surface area contributed by atoms with E-state index >= 15 is 0 Å². The molecule has 4 rings (SSSR count). The van der Waals surface area contributed by atoms with Crippen LogP contribution < -0.4 is 4.74 Å². The first-order valence-corrected chi connectivity index (χ1v) is 7.21. The Labute approximate surface area is 118 Å². The standard InChI is InChI=1S/C14H9ClN2OS/c15-12-9-5-6-19-14(9)17-13(16-12)10-7-18-11-4-2-1-3-8(10)11/h1-6,10H,7H2. The number of rotatable bonds is 1. The van der Waals surface area contributed by atoms with Gasteiger partial charge in [-0.25, -0.2) is 9.97 Å². The van der Waals surface area contributed by atoms with E-state index in [-0.39, 0.29) is 5.92 Å². The van der Waals surface area contributed by atoms with E-state index < -0.39 is 0 Å². The minimum Gasteiger partial charge on any atom is -0.492 e. The maximum atomic E-state index is 6.22. The SMILES string of the molecule is Clc1nc(C2COc3ccccc32)nc2sccc12. The second kappa shape index (κ2) is 4.18. The zero-order chi connectivity index (χ0) is 12.8. The molecule has 0 N–H and O–H groups in total. The molecule has 0 radical (unpaired) electrons. The summed E-state index contributed by atoms with van der Waals surface area (Å²) in [5, 5.41) is 3.42. The zero-order valence-electron chi connectivity index (χ0n) is 9.84. The quantitative estimate of drug-likeness (QED) is 0.638. The number of benzene rings is 1. The van der Waals surface area contributed by atoms with E-state index in [9.17, 15) is 0 Å². The van der Waals surface area contributed by atoms with E-state index in [1.807, 2.05) is 29.6 Å². The van der Waals surface area contributed by atoms with Gasteiger partial charge in [0, 0.05) is 10.9 Å². The normalized spacial score (nSPS) is 17.4. The van der Waals surface area contributed by atoms with Gasteiger partial charge in [0.15, 0.2) is 0 Å². The number of para-hydroxylation sites is 1. The van der Waals surface area contributed by atoms with Crippen LogP contribution in [0.15, 0.2) is 35.7 Å². The number of hydrogen-bond donors (Lipinski definition) is 0. The molecule has 3 heterocycles. The molecule has 1 atom stereocenters. The summed E-state index contributed by atoms with van der Waals surface area (Å²) in [4.78, 5) is 9.99. The van der Waals surface area contributed by atoms with Crippen LogP contribution in [-0.2, 0) is 0 Å². The topological polar surface area (TPSA) is 35.0 Å².